The molecule has 108 valence electrons. The van der Waals surface area contributed by atoms with Gasteiger partial charge in [0.05, 0.1) is 0 Å². The molecule has 1 aliphatic carbocycles. The Kier molecular flexibility index (Phi) is 3.29. The van der Waals surface area contributed by atoms with Gasteiger partial charge in [-0.1, -0.05) is 24.3 Å². The Hall–Kier alpha value is -0.900. The molecule has 2 heterocycles. The maximum Gasteiger partial charge on any atom is 0.0459 e. The Morgan fingerprint density at radius 1 is 1.00 bits per heavy atom. The van der Waals surface area contributed by atoms with Crippen LogP contribution in [-0.4, -0.2) is 48.1 Å². The molecule has 2 saturated heterocycles. The van der Waals surface area contributed by atoms with Gasteiger partial charge in [-0.25, -0.2) is 0 Å². The van der Waals surface area contributed by atoms with Crippen LogP contribution in [-0.2, 0) is 6.42 Å². The number of nitrogens with two attached hydrogens (primary N) is 1. The maximum atomic E-state index is 6.55. The van der Waals surface area contributed by atoms with Crippen LogP contribution in [0.4, 0.5) is 0 Å². The second-order valence-electron chi connectivity index (χ2n) is 6.68. The van der Waals surface area contributed by atoms with E-state index < -0.39 is 0 Å². The summed E-state index contributed by atoms with van der Waals surface area (Å²) in [5.41, 5.74) is 9.40. The predicted octanol–water partition coefficient (Wildman–Crippen LogP) is 1.78. The smallest absolute Gasteiger partial charge is 0.0459 e. The normalized spacial score (nSPS) is 34.8. The first-order valence-electron chi connectivity index (χ1n) is 8.14. The molecule has 3 unspecified atom stereocenters. The van der Waals surface area contributed by atoms with E-state index in [1.807, 2.05) is 0 Å². The molecule has 1 aromatic rings. The van der Waals surface area contributed by atoms with Crippen molar-refractivity contribution in [2.45, 2.75) is 43.8 Å². The zero-order chi connectivity index (χ0) is 13.5. The van der Waals surface area contributed by atoms with Gasteiger partial charge >= 0.3 is 0 Å². The van der Waals surface area contributed by atoms with Crippen molar-refractivity contribution in [1.29, 1.82) is 0 Å². The van der Waals surface area contributed by atoms with E-state index in [1.54, 1.807) is 0 Å². The predicted molar refractivity (Wildman–Crippen MR) is 81.6 cm³/mol. The third kappa shape index (κ3) is 2.09. The van der Waals surface area contributed by atoms with Gasteiger partial charge in [-0.05, 0) is 56.4 Å². The minimum Gasteiger partial charge on any atom is -0.323 e. The van der Waals surface area contributed by atoms with Crippen LogP contribution < -0.4 is 5.73 Å². The van der Waals surface area contributed by atoms with Crippen LogP contribution >= 0.6 is 0 Å². The van der Waals surface area contributed by atoms with E-state index in [0.717, 1.165) is 12.5 Å². The Morgan fingerprint density at radius 3 is 2.70 bits per heavy atom. The first-order chi connectivity index (χ1) is 9.83. The molecule has 1 aromatic carbocycles. The number of benzene rings is 1. The summed E-state index contributed by atoms with van der Waals surface area (Å²) < 4.78 is 0. The van der Waals surface area contributed by atoms with Gasteiger partial charge in [0.15, 0.2) is 0 Å². The van der Waals surface area contributed by atoms with Gasteiger partial charge in [-0.3, -0.25) is 9.80 Å². The third-order valence-corrected chi connectivity index (χ3v) is 5.56. The molecule has 0 radical (unpaired) electrons. The monoisotopic (exact) mass is 271 g/mol. The average Bonchev–Trinajstić information content (AvgIpc) is 2.98. The van der Waals surface area contributed by atoms with Crippen LogP contribution in [0.25, 0.3) is 0 Å². The van der Waals surface area contributed by atoms with Gasteiger partial charge in [-0.15, -0.1) is 0 Å². The highest BCUT2D eigenvalue weighted by atomic mass is 15.3. The summed E-state index contributed by atoms with van der Waals surface area (Å²) in [4.78, 5) is 5.40. The van der Waals surface area contributed by atoms with Crippen molar-refractivity contribution in [2.75, 3.05) is 26.2 Å². The molecule has 3 aliphatic rings. The summed E-state index contributed by atoms with van der Waals surface area (Å²) in [6, 6.07) is 10.3. The first kappa shape index (κ1) is 12.8. The van der Waals surface area contributed by atoms with Crippen LogP contribution in [0.1, 0.15) is 36.4 Å². The highest BCUT2D eigenvalue weighted by molar-refractivity contribution is 5.36. The lowest BCUT2D eigenvalue weighted by atomic mass is 10.1. The third-order valence-electron chi connectivity index (χ3n) is 5.56. The van der Waals surface area contributed by atoms with E-state index in [9.17, 15) is 0 Å². The lowest BCUT2D eigenvalue weighted by molar-refractivity contribution is 0.160. The number of nitrogens with zero attached hydrogens (tertiary/aromatic N) is 2. The van der Waals surface area contributed by atoms with Crippen molar-refractivity contribution in [1.82, 2.24) is 9.80 Å². The molecule has 2 fully saturated rings. The SMILES string of the molecule is NC1c2ccccc2CC1N1CCCN2CCCC2C1. The quantitative estimate of drug-likeness (QED) is 0.845. The minimum absolute atomic E-state index is 0.208. The maximum absolute atomic E-state index is 6.55. The first-order valence-corrected chi connectivity index (χ1v) is 8.14. The van der Waals surface area contributed by atoms with Crippen LogP contribution in [0, 0.1) is 0 Å². The standard InChI is InChI=1S/C17H25N3/c18-17-15-7-2-1-5-13(15)11-16(17)20-10-4-9-19-8-3-6-14(19)12-20/h1-2,5,7,14,16-17H,3-4,6,8-12,18H2. The fourth-order valence-corrected chi connectivity index (χ4v) is 4.50. The molecule has 3 atom stereocenters. The summed E-state index contributed by atoms with van der Waals surface area (Å²) in [7, 11) is 0. The number of hydrogen-bond acceptors (Lipinski definition) is 3. The largest absolute Gasteiger partial charge is 0.323 e. The molecule has 0 spiro atoms. The van der Waals surface area contributed by atoms with E-state index in [0.29, 0.717) is 6.04 Å². The van der Waals surface area contributed by atoms with Crippen molar-refractivity contribution in [3.8, 4) is 0 Å². The minimum atomic E-state index is 0.208. The molecule has 3 heteroatoms. The lowest BCUT2D eigenvalue weighted by Crippen LogP contribution is -2.45. The van der Waals surface area contributed by atoms with Crippen LogP contribution in [0.3, 0.4) is 0 Å². The molecule has 0 saturated carbocycles. The highest BCUT2D eigenvalue weighted by Crippen LogP contribution is 2.34. The average molecular weight is 271 g/mol. The number of rotatable bonds is 1. The van der Waals surface area contributed by atoms with Crippen molar-refractivity contribution in [3.63, 3.8) is 0 Å². The van der Waals surface area contributed by atoms with Crippen molar-refractivity contribution >= 4 is 0 Å². The van der Waals surface area contributed by atoms with Gasteiger partial charge < -0.3 is 5.73 Å². The fourth-order valence-electron chi connectivity index (χ4n) is 4.50. The van der Waals surface area contributed by atoms with Crippen LogP contribution in [0.2, 0.25) is 0 Å². The van der Waals surface area contributed by atoms with Crippen molar-refractivity contribution in [3.05, 3.63) is 35.4 Å². The summed E-state index contributed by atoms with van der Waals surface area (Å²) in [6.07, 6.45) is 5.21. The second-order valence-corrected chi connectivity index (χ2v) is 6.68. The zero-order valence-electron chi connectivity index (χ0n) is 12.2. The van der Waals surface area contributed by atoms with Crippen LogP contribution in [0.5, 0.6) is 0 Å². The van der Waals surface area contributed by atoms with E-state index in [4.69, 9.17) is 5.73 Å². The Morgan fingerprint density at radius 2 is 1.80 bits per heavy atom. The summed E-state index contributed by atoms with van der Waals surface area (Å²) in [6.45, 7) is 5.05. The molecule has 0 aromatic heterocycles. The van der Waals surface area contributed by atoms with Crippen molar-refractivity contribution in [2.24, 2.45) is 5.73 Å². The lowest BCUT2D eigenvalue weighted by Gasteiger charge is -2.32. The van der Waals surface area contributed by atoms with Gasteiger partial charge in [0.25, 0.3) is 0 Å². The molecule has 4 rings (SSSR count). The molecule has 2 N–H and O–H groups in total. The van der Waals surface area contributed by atoms with E-state index in [-0.39, 0.29) is 6.04 Å². The number of hydrogen-bond donors (Lipinski definition) is 1. The van der Waals surface area contributed by atoms with Gasteiger partial charge in [0.2, 0.25) is 0 Å². The summed E-state index contributed by atoms with van der Waals surface area (Å²) in [5, 5.41) is 0. The second kappa shape index (κ2) is 5.14. The summed E-state index contributed by atoms with van der Waals surface area (Å²) in [5.74, 6) is 0. The van der Waals surface area contributed by atoms with E-state index in [2.05, 4.69) is 34.1 Å². The molecular weight excluding hydrogens is 246 g/mol. The molecule has 20 heavy (non-hydrogen) atoms. The number of fused-ring (bicyclic) bond motifs is 2. The Bertz CT molecular complexity index is 487. The molecule has 0 amide bonds. The van der Waals surface area contributed by atoms with Gasteiger partial charge in [0, 0.05) is 24.7 Å². The zero-order valence-corrected chi connectivity index (χ0v) is 12.2. The van der Waals surface area contributed by atoms with Crippen LogP contribution in [0.15, 0.2) is 24.3 Å². The van der Waals surface area contributed by atoms with Gasteiger partial charge in [-0.2, -0.15) is 0 Å². The van der Waals surface area contributed by atoms with Crippen molar-refractivity contribution < 1.29 is 0 Å². The molecule has 0 bridgehead atoms. The summed E-state index contributed by atoms with van der Waals surface area (Å²) >= 11 is 0. The Balaban J connectivity index is 1.53. The topological polar surface area (TPSA) is 32.5 Å². The van der Waals surface area contributed by atoms with Gasteiger partial charge in [0.1, 0.15) is 0 Å². The molecule has 2 aliphatic heterocycles. The van der Waals surface area contributed by atoms with E-state index >= 15 is 0 Å². The highest BCUT2D eigenvalue weighted by Gasteiger charge is 2.37. The Labute approximate surface area is 121 Å². The fraction of sp³-hybridized carbons (Fsp3) is 0.647. The molecular formula is C17H25N3. The molecule has 3 nitrogen and oxygen atoms in total. The van der Waals surface area contributed by atoms with E-state index in [1.165, 1.54) is 56.6 Å².